The van der Waals surface area contributed by atoms with Crippen LogP contribution in [0.15, 0.2) is 54.7 Å². The van der Waals surface area contributed by atoms with E-state index < -0.39 is 0 Å². The maximum atomic E-state index is 12.2. The van der Waals surface area contributed by atoms with Crippen LogP contribution in [0.5, 0.6) is 0 Å². The summed E-state index contributed by atoms with van der Waals surface area (Å²) in [5, 5.41) is 5.55. The molecule has 2 N–H and O–H groups in total. The van der Waals surface area contributed by atoms with Gasteiger partial charge >= 0.3 is 0 Å². The molecule has 0 spiro atoms. The topological polar surface area (TPSA) is 61.4 Å². The van der Waals surface area contributed by atoms with Crippen LogP contribution < -0.4 is 10.6 Å². The standard InChI is InChI=1S/C21H21N3O2/c25-20-18-6-2-1-5-17(18)19(21(26)23-20)13-22-16-9-7-15(8-10-16)14-24-11-3-4-12-24/h1-2,5-10,13,22H,3-4,11-12,14H2,(H,23,25,26). The van der Waals surface area contributed by atoms with Gasteiger partial charge in [-0.2, -0.15) is 0 Å². The van der Waals surface area contributed by atoms with E-state index >= 15 is 0 Å². The van der Waals surface area contributed by atoms with Crippen molar-refractivity contribution in [2.45, 2.75) is 19.4 Å². The summed E-state index contributed by atoms with van der Waals surface area (Å²) in [5.74, 6) is -0.735. The molecule has 5 nitrogen and oxygen atoms in total. The largest absolute Gasteiger partial charge is 0.361 e. The van der Waals surface area contributed by atoms with Crippen molar-refractivity contribution < 1.29 is 9.59 Å². The van der Waals surface area contributed by atoms with Gasteiger partial charge in [-0.15, -0.1) is 0 Å². The minimum absolute atomic E-state index is 0.353. The number of carbonyl (C=O) groups is 2. The number of nitrogens with one attached hydrogen (secondary N) is 2. The van der Waals surface area contributed by atoms with Crippen molar-refractivity contribution in [2.24, 2.45) is 0 Å². The van der Waals surface area contributed by atoms with Gasteiger partial charge in [0.1, 0.15) is 0 Å². The van der Waals surface area contributed by atoms with Crippen molar-refractivity contribution in [1.29, 1.82) is 0 Å². The number of nitrogens with zero attached hydrogens (tertiary/aromatic N) is 1. The highest BCUT2D eigenvalue weighted by Gasteiger charge is 2.26. The molecule has 2 amide bonds. The second-order valence-electron chi connectivity index (χ2n) is 6.71. The number of hydrogen-bond acceptors (Lipinski definition) is 4. The number of carbonyl (C=O) groups excluding carboxylic acids is 2. The van der Waals surface area contributed by atoms with Gasteiger partial charge in [-0.1, -0.05) is 30.3 Å². The molecule has 0 saturated carbocycles. The molecule has 4 rings (SSSR count). The van der Waals surface area contributed by atoms with Crippen LogP contribution in [0.4, 0.5) is 5.69 Å². The predicted molar refractivity (Wildman–Crippen MR) is 101 cm³/mol. The molecule has 1 saturated heterocycles. The summed E-state index contributed by atoms with van der Waals surface area (Å²) >= 11 is 0. The van der Waals surface area contributed by atoms with Crippen molar-refractivity contribution in [1.82, 2.24) is 10.2 Å². The zero-order valence-corrected chi connectivity index (χ0v) is 14.5. The zero-order chi connectivity index (χ0) is 17.9. The van der Waals surface area contributed by atoms with Crippen LogP contribution in [-0.2, 0) is 11.3 Å². The summed E-state index contributed by atoms with van der Waals surface area (Å²) in [4.78, 5) is 26.6. The van der Waals surface area contributed by atoms with Crippen molar-refractivity contribution >= 4 is 23.1 Å². The van der Waals surface area contributed by atoms with Gasteiger partial charge in [-0.25, -0.2) is 0 Å². The molecule has 2 aliphatic heterocycles. The summed E-state index contributed by atoms with van der Waals surface area (Å²) in [7, 11) is 0. The Morgan fingerprint density at radius 2 is 1.62 bits per heavy atom. The Morgan fingerprint density at radius 3 is 2.35 bits per heavy atom. The van der Waals surface area contributed by atoms with Gasteiger partial charge < -0.3 is 5.32 Å². The fraction of sp³-hybridized carbons (Fsp3) is 0.238. The fourth-order valence-corrected chi connectivity index (χ4v) is 3.48. The lowest BCUT2D eigenvalue weighted by atomic mass is 9.96. The summed E-state index contributed by atoms with van der Waals surface area (Å²) in [6.07, 6.45) is 4.24. The van der Waals surface area contributed by atoms with Gasteiger partial charge in [0.25, 0.3) is 11.8 Å². The van der Waals surface area contributed by atoms with Gasteiger partial charge in [0.05, 0.1) is 5.57 Å². The van der Waals surface area contributed by atoms with Crippen molar-refractivity contribution in [3.05, 3.63) is 71.4 Å². The normalized spacial score (nSPS) is 18.7. The number of amides is 2. The Bertz CT molecular complexity index is 865. The van der Waals surface area contributed by atoms with E-state index in [9.17, 15) is 9.59 Å². The first-order valence-corrected chi connectivity index (χ1v) is 8.94. The summed E-state index contributed by atoms with van der Waals surface area (Å²) < 4.78 is 0. The van der Waals surface area contributed by atoms with Crippen molar-refractivity contribution in [3.63, 3.8) is 0 Å². The minimum Gasteiger partial charge on any atom is -0.361 e. The number of benzene rings is 2. The third-order valence-electron chi connectivity index (χ3n) is 4.88. The predicted octanol–water partition coefficient (Wildman–Crippen LogP) is 3.01. The monoisotopic (exact) mass is 347 g/mol. The maximum absolute atomic E-state index is 12.2. The Kier molecular flexibility index (Phi) is 4.54. The number of likely N-dealkylation sites (tertiary alicyclic amines) is 1. The number of fused-ring (bicyclic) bond motifs is 1. The van der Waals surface area contributed by atoms with Crippen LogP contribution in [0, 0.1) is 0 Å². The zero-order valence-electron chi connectivity index (χ0n) is 14.5. The molecule has 2 aromatic carbocycles. The third-order valence-corrected chi connectivity index (χ3v) is 4.88. The van der Waals surface area contributed by atoms with E-state index in [-0.39, 0.29) is 11.8 Å². The highest BCUT2D eigenvalue weighted by Crippen LogP contribution is 2.24. The lowest BCUT2D eigenvalue weighted by Gasteiger charge is -2.18. The Labute approximate surface area is 152 Å². The molecule has 0 radical (unpaired) electrons. The number of hydrogen-bond donors (Lipinski definition) is 2. The first-order chi connectivity index (χ1) is 12.7. The minimum atomic E-state index is -0.383. The van der Waals surface area contributed by atoms with Crippen LogP contribution in [0.2, 0.25) is 0 Å². The third kappa shape index (κ3) is 3.39. The van der Waals surface area contributed by atoms with E-state index in [4.69, 9.17) is 0 Å². The highest BCUT2D eigenvalue weighted by molar-refractivity contribution is 6.31. The molecular weight excluding hydrogens is 326 g/mol. The smallest absolute Gasteiger partial charge is 0.260 e. The Balaban J connectivity index is 1.49. The van der Waals surface area contributed by atoms with Crippen LogP contribution in [0.3, 0.4) is 0 Å². The lowest BCUT2D eigenvalue weighted by molar-refractivity contribution is -0.114. The second kappa shape index (κ2) is 7.14. The summed E-state index contributed by atoms with van der Waals surface area (Å²) in [6.45, 7) is 3.35. The second-order valence-corrected chi connectivity index (χ2v) is 6.71. The number of anilines is 1. The van der Waals surface area contributed by atoms with Crippen LogP contribution in [-0.4, -0.2) is 29.8 Å². The molecule has 2 aliphatic rings. The molecule has 132 valence electrons. The Morgan fingerprint density at radius 1 is 0.923 bits per heavy atom. The van der Waals surface area contributed by atoms with Gasteiger partial charge in [-0.3, -0.25) is 19.8 Å². The van der Waals surface area contributed by atoms with Crippen LogP contribution in [0.25, 0.3) is 5.57 Å². The molecule has 0 bridgehead atoms. The average molecular weight is 347 g/mol. The molecule has 0 unspecified atom stereocenters. The van der Waals surface area contributed by atoms with Gasteiger partial charge in [0.2, 0.25) is 0 Å². The summed E-state index contributed by atoms with van der Waals surface area (Å²) in [5.41, 5.74) is 3.82. The first kappa shape index (κ1) is 16.5. The van der Waals surface area contributed by atoms with Crippen LogP contribution >= 0.6 is 0 Å². The molecule has 2 heterocycles. The first-order valence-electron chi connectivity index (χ1n) is 8.94. The van der Waals surface area contributed by atoms with E-state index in [2.05, 4.69) is 27.7 Å². The van der Waals surface area contributed by atoms with Crippen LogP contribution in [0.1, 0.15) is 34.3 Å². The quantitative estimate of drug-likeness (QED) is 0.659. The van der Waals surface area contributed by atoms with E-state index in [1.807, 2.05) is 18.2 Å². The van der Waals surface area contributed by atoms with Gasteiger partial charge in [0.15, 0.2) is 0 Å². The SMILES string of the molecule is O=C1NC(=O)c2ccccc2C1=CNc1ccc(CN2CCCC2)cc1. The Hall–Kier alpha value is -2.92. The number of rotatable bonds is 4. The highest BCUT2D eigenvalue weighted by atomic mass is 16.2. The molecule has 2 aromatic rings. The average Bonchev–Trinajstić information content (AvgIpc) is 3.16. The molecule has 5 heteroatoms. The molecule has 0 aliphatic carbocycles. The van der Waals surface area contributed by atoms with Gasteiger partial charge in [-0.05, 0) is 49.7 Å². The lowest BCUT2D eigenvalue weighted by Crippen LogP contribution is -2.36. The van der Waals surface area contributed by atoms with E-state index in [1.165, 1.54) is 31.5 Å². The molecule has 26 heavy (non-hydrogen) atoms. The van der Waals surface area contributed by atoms with E-state index in [0.29, 0.717) is 16.7 Å². The molecule has 0 atom stereocenters. The molecule has 0 aromatic heterocycles. The van der Waals surface area contributed by atoms with E-state index in [0.717, 1.165) is 12.2 Å². The van der Waals surface area contributed by atoms with E-state index in [1.54, 1.807) is 24.4 Å². The van der Waals surface area contributed by atoms with Gasteiger partial charge in [0, 0.05) is 29.6 Å². The van der Waals surface area contributed by atoms with Crippen molar-refractivity contribution in [2.75, 3.05) is 18.4 Å². The summed E-state index contributed by atoms with van der Waals surface area (Å²) in [6, 6.07) is 15.4. The number of imide groups is 1. The molecular formula is C21H21N3O2. The molecule has 1 fully saturated rings. The van der Waals surface area contributed by atoms with Crippen molar-refractivity contribution in [3.8, 4) is 0 Å². The fourth-order valence-electron chi connectivity index (χ4n) is 3.48. The maximum Gasteiger partial charge on any atom is 0.260 e.